The highest BCUT2D eigenvalue weighted by atomic mass is 35.5. The van der Waals surface area contributed by atoms with Crippen LogP contribution in [0, 0.1) is 0 Å². The van der Waals surface area contributed by atoms with Crippen LogP contribution in [0.25, 0.3) is 0 Å². The van der Waals surface area contributed by atoms with E-state index in [1.807, 2.05) is 38.1 Å². The molecule has 1 atom stereocenters. The van der Waals surface area contributed by atoms with Crippen LogP contribution in [0.2, 0.25) is 10.0 Å². The highest BCUT2D eigenvalue weighted by Gasteiger charge is 2.29. The van der Waals surface area contributed by atoms with E-state index in [9.17, 15) is 9.59 Å². The van der Waals surface area contributed by atoms with E-state index in [-0.39, 0.29) is 24.8 Å². The molecule has 0 aliphatic rings. The molecule has 0 aliphatic carbocycles. The van der Waals surface area contributed by atoms with Gasteiger partial charge in [0, 0.05) is 28.7 Å². The molecule has 5 nitrogen and oxygen atoms in total. The number of benzene rings is 2. The van der Waals surface area contributed by atoms with E-state index in [4.69, 9.17) is 27.9 Å². The highest BCUT2D eigenvalue weighted by Crippen LogP contribution is 2.27. The fraction of sp³-hybridized carbons (Fsp3) is 0.391. The van der Waals surface area contributed by atoms with Gasteiger partial charge in [-0.05, 0) is 42.7 Å². The Hall–Kier alpha value is -2.24. The molecule has 2 aromatic carbocycles. The van der Waals surface area contributed by atoms with Gasteiger partial charge in [0.2, 0.25) is 11.8 Å². The molecule has 0 saturated carbocycles. The van der Waals surface area contributed by atoms with Crippen molar-refractivity contribution in [2.75, 3.05) is 13.7 Å². The first-order valence-electron chi connectivity index (χ1n) is 10.0. The minimum atomic E-state index is -0.616. The molecular formula is C23H28Cl2N2O3. The lowest BCUT2D eigenvalue weighted by Crippen LogP contribution is -2.49. The Morgan fingerprint density at radius 1 is 1.07 bits per heavy atom. The number of carbonyl (C=O) groups excluding carboxylic acids is 2. The molecule has 162 valence electrons. The molecule has 2 rings (SSSR count). The summed E-state index contributed by atoms with van der Waals surface area (Å²) in [6, 6.07) is 11.9. The van der Waals surface area contributed by atoms with E-state index in [2.05, 4.69) is 5.32 Å². The summed E-state index contributed by atoms with van der Waals surface area (Å²) in [5, 5.41) is 3.83. The molecule has 2 amide bonds. The van der Waals surface area contributed by atoms with Crippen LogP contribution in [0.15, 0.2) is 42.5 Å². The zero-order valence-electron chi connectivity index (χ0n) is 17.6. The van der Waals surface area contributed by atoms with Gasteiger partial charge in [-0.2, -0.15) is 0 Å². The second-order valence-electron chi connectivity index (χ2n) is 6.96. The summed E-state index contributed by atoms with van der Waals surface area (Å²) in [6.45, 7) is 4.59. The summed E-state index contributed by atoms with van der Waals surface area (Å²) in [5.41, 5.74) is 1.46. The van der Waals surface area contributed by atoms with Crippen LogP contribution in [-0.2, 0) is 22.6 Å². The standard InChI is InChI=1S/C23H28Cl2N2O3/c1-4-13-26-23(29)21(5-2)27(15-18-19(24)7-6-8-20(18)25)22(28)14-16-9-11-17(30-3)12-10-16/h6-12,21H,4-5,13-15H2,1-3H3,(H,26,29). The zero-order chi connectivity index (χ0) is 22.1. The van der Waals surface area contributed by atoms with Crippen LogP contribution in [0.1, 0.15) is 37.8 Å². The van der Waals surface area contributed by atoms with Gasteiger partial charge in [-0.15, -0.1) is 0 Å². The number of ether oxygens (including phenoxy) is 1. The molecule has 0 spiro atoms. The van der Waals surface area contributed by atoms with Gasteiger partial charge in [-0.25, -0.2) is 0 Å². The third-order valence-electron chi connectivity index (χ3n) is 4.84. The first-order valence-corrected chi connectivity index (χ1v) is 10.8. The summed E-state index contributed by atoms with van der Waals surface area (Å²) in [7, 11) is 1.59. The maximum Gasteiger partial charge on any atom is 0.242 e. The van der Waals surface area contributed by atoms with Gasteiger partial charge >= 0.3 is 0 Å². The van der Waals surface area contributed by atoms with Crippen molar-refractivity contribution in [3.63, 3.8) is 0 Å². The molecule has 7 heteroatoms. The van der Waals surface area contributed by atoms with E-state index in [0.29, 0.717) is 28.6 Å². The van der Waals surface area contributed by atoms with Crippen molar-refractivity contribution in [1.29, 1.82) is 0 Å². The lowest BCUT2D eigenvalue weighted by molar-refractivity contribution is -0.140. The monoisotopic (exact) mass is 450 g/mol. The molecule has 0 radical (unpaired) electrons. The lowest BCUT2D eigenvalue weighted by atomic mass is 10.1. The Morgan fingerprint density at radius 2 is 1.70 bits per heavy atom. The number of halogens is 2. The predicted molar refractivity (Wildman–Crippen MR) is 121 cm³/mol. The van der Waals surface area contributed by atoms with Gasteiger partial charge in [-0.1, -0.05) is 55.2 Å². The average molecular weight is 451 g/mol. The number of hydrogen-bond acceptors (Lipinski definition) is 3. The molecule has 30 heavy (non-hydrogen) atoms. The summed E-state index contributed by atoms with van der Waals surface area (Å²) in [4.78, 5) is 27.7. The Morgan fingerprint density at radius 3 is 2.23 bits per heavy atom. The number of methoxy groups -OCH3 is 1. The van der Waals surface area contributed by atoms with E-state index in [1.165, 1.54) is 0 Å². The van der Waals surface area contributed by atoms with Crippen LogP contribution in [0.5, 0.6) is 5.75 Å². The molecule has 1 N–H and O–H groups in total. The van der Waals surface area contributed by atoms with Crippen molar-refractivity contribution < 1.29 is 14.3 Å². The number of hydrogen-bond donors (Lipinski definition) is 1. The number of nitrogens with zero attached hydrogens (tertiary/aromatic N) is 1. The van der Waals surface area contributed by atoms with Crippen molar-refractivity contribution in [3.05, 3.63) is 63.6 Å². The fourth-order valence-corrected chi connectivity index (χ4v) is 3.68. The summed E-state index contributed by atoms with van der Waals surface area (Å²) in [6.07, 6.45) is 1.45. The normalized spacial score (nSPS) is 11.6. The molecule has 0 fully saturated rings. The van der Waals surface area contributed by atoms with Crippen LogP contribution in [0.4, 0.5) is 0 Å². The average Bonchev–Trinajstić information content (AvgIpc) is 2.74. The topological polar surface area (TPSA) is 58.6 Å². The number of rotatable bonds is 10. The molecule has 1 unspecified atom stereocenters. The third kappa shape index (κ3) is 6.38. The van der Waals surface area contributed by atoms with Crippen LogP contribution in [0.3, 0.4) is 0 Å². The van der Waals surface area contributed by atoms with E-state index < -0.39 is 6.04 Å². The maximum atomic E-state index is 13.3. The van der Waals surface area contributed by atoms with Crippen molar-refractivity contribution >= 4 is 35.0 Å². The van der Waals surface area contributed by atoms with Gasteiger partial charge in [0.1, 0.15) is 11.8 Å². The largest absolute Gasteiger partial charge is 0.497 e. The number of nitrogens with one attached hydrogen (secondary N) is 1. The zero-order valence-corrected chi connectivity index (χ0v) is 19.1. The van der Waals surface area contributed by atoms with Gasteiger partial charge in [0.25, 0.3) is 0 Å². The van der Waals surface area contributed by atoms with E-state index in [0.717, 1.165) is 17.7 Å². The van der Waals surface area contributed by atoms with Gasteiger partial charge in [-0.3, -0.25) is 9.59 Å². The SMILES string of the molecule is CCCNC(=O)C(CC)N(Cc1c(Cl)cccc1Cl)C(=O)Cc1ccc(OC)cc1. The molecule has 0 heterocycles. The first-order chi connectivity index (χ1) is 14.4. The molecular weight excluding hydrogens is 423 g/mol. The van der Waals surface area contributed by atoms with Crippen molar-refractivity contribution in [2.24, 2.45) is 0 Å². The smallest absolute Gasteiger partial charge is 0.242 e. The summed E-state index contributed by atoms with van der Waals surface area (Å²) in [5.74, 6) is 0.372. The van der Waals surface area contributed by atoms with Crippen LogP contribution < -0.4 is 10.1 Å². The molecule has 0 aliphatic heterocycles. The number of amides is 2. The van der Waals surface area contributed by atoms with Gasteiger partial charge in [0.05, 0.1) is 13.5 Å². The summed E-state index contributed by atoms with van der Waals surface area (Å²) < 4.78 is 5.17. The van der Waals surface area contributed by atoms with Crippen LogP contribution >= 0.6 is 23.2 Å². The van der Waals surface area contributed by atoms with Gasteiger partial charge < -0.3 is 15.0 Å². The van der Waals surface area contributed by atoms with Gasteiger partial charge in [0.15, 0.2) is 0 Å². The maximum absolute atomic E-state index is 13.3. The van der Waals surface area contributed by atoms with Crippen LogP contribution in [-0.4, -0.2) is 36.4 Å². The number of carbonyl (C=O) groups is 2. The first kappa shape index (κ1) is 24.0. The quantitative estimate of drug-likeness (QED) is 0.560. The highest BCUT2D eigenvalue weighted by molar-refractivity contribution is 6.36. The Bertz CT molecular complexity index is 836. The minimum Gasteiger partial charge on any atom is -0.497 e. The minimum absolute atomic E-state index is 0.156. The van der Waals surface area contributed by atoms with E-state index in [1.54, 1.807) is 30.2 Å². The molecule has 0 aromatic heterocycles. The van der Waals surface area contributed by atoms with Crippen molar-refractivity contribution in [1.82, 2.24) is 10.2 Å². The molecule has 2 aromatic rings. The summed E-state index contributed by atoms with van der Waals surface area (Å²) >= 11 is 12.7. The Kier molecular flexibility index (Phi) is 9.47. The second-order valence-corrected chi connectivity index (χ2v) is 7.78. The second kappa shape index (κ2) is 11.8. The third-order valence-corrected chi connectivity index (χ3v) is 5.55. The van der Waals surface area contributed by atoms with Crippen molar-refractivity contribution in [3.8, 4) is 5.75 Å². The molecule has 0 saturated heterocycles. The lowest BCUT2D eigenvalue weighted by Gasteiger charge is -2.31. The van der Waals surface area contributed by atoms with E-state index >= 15 is 0 Å². The molecule has 0 bridgehead atoms. The Balaban J connectivity index is 2.32. The van der Waals surface area contributed by atoms with Crippen molar-refractivity contribution in [2.45, 2.75) is 45.7 Å². The fourth-order valence-electron chi connectivity index (χ4n) is 3.16. The predicted octanol–water partition coefficient (Wildman–Crippen LogP) is 4.88. The Labute approximate surface area is 188 Å².